The number of hydrogen-bond donors (Lipinski definition) is 1. The Balaban J connectivity index is 1.23. The summed E-state index contributed by atoms with van der Waals surface area (Å²) in [6.07, 6.45) is 7.96. The molecular weight excluding hydrogens is 436 g/mol. The molecule has 3 heterocycles. The fourth-order valence-electron chi connectivity index (χ4n) is 5.55. The van der Waals surface area contributed by atoms with Gasteiger partial charge in [0.1, 0.15) is 5.75 Å². The first kappa shape index (κ1) is 23.4. The molecule has 2 saturated heterocycles. The molecule has 182 valence electrons. The Morgan fingerprint density at radius 2 is 1.77 bits per heavy atom. The van der Waals surface area contributed by atoms with Gasteiger partial charge in [0.2, 0.25) is 0 Å². The minimum absolute atomic E-state index is 0.163. The Morgan fingerprint density at radius 3 is 2.57 bits per heavy atom. The molecule has 2 fully saturated rings. The van der Waals surface area contributed by atoms with Crippen molar-refractivity contribution < 1.29 is 9.53 Å². The number of benzene rings is 2. The van der Waals surface area contributed by atoms with Crippen LogP contribution in [0.1, 0.15) is 54.2 Å². The summed E-state index contributed by atoms with van der Waals surface area (Å²) in [5.41, 5.74) is 3.70. The molecule has 5 rings (SSSR count). The maximum Gasteiger partial charge on any atom is 0.259 e. The Kier molecular flexibility index (Phi) is 7.28. The standard InChI is InChI=1S/C29H34N4O2/c1-35-28-14-3-2-11-25(28)29(34)31-22-9-8-10-24(21-22)32-19-15-23(16-20-32)33-18-7-5-13-27(33)26-12-4-6-17-30-26/h2-4,6,8-12,14,17,21,23,27H,5,7,13,15-16,18-20H2,1H3,(H,31,34). The number of methoxy groups -OCH3 is 1. The molecule has 1 N–H and O–H groups in total. The average Bonchev–Trinajstić information content (AvgIpc) is 2.94. The number of carbonyl (C=O) groups excluding carboxylic acids is 1. The summed E-state index contributed by atoms with van der Waals surface area (Å²) in [6, 6.07) is 22.8. The first-order valence-electron chi connectivity index (χ1n) is 12.7. The monoisotopic (exact) mass is 470 g/mol. The predicted octanol–water partition coefficient (Wildman–Crippen LogP) is 5.54. The number of likely N-dealkylation sites (tertiary alicyclic amines) is 1. The zero-order valence-electron chi connectivity index (χ0n) is 20.4. The lowest BCUT2D eigenvalue weighted by Gasteiger charge is -2.45. The van der Waals surface area contributed by atoms with Gasteiger partial charge in [0.25, 0.3) is 5.91 Å². The number of pyridine rings is 1. The fourth-order valence-corrected chi connectivity index (χ4v) is 5.55. The van der Waals surface area contributed by atoms with E-state index in [4.69, 9.17) is 4.74 Å². The van der Waals surface area contributed by atoms with E-state index in [2.05, 4.69) is 44.4 Å². The van der Waals surface area contributed by atoms with Crippen LogP contribution in [-0.2, 0) is 0 Å². The zero-order valence-corrected chi connectivity index (χ0v) is 20.4. The summed E-state index contributed by atoms with van der Waals surface area (Å²) in [5.74, 6) is 0.411. The van der Waals surface area contributed by atoms with Crippen LogP contribution in [-0.4, -0.2) is 48.6 Å². The number of piperidine rings is 2. The van der Waals surface area contributed by atoms with Gasteiger partial charge in [-0.25, -0.2) is 0 Å². The number of amides is 1. The van der Waals surface area contributed by atoms with Crippen molar-refractivity contribution in [1.29, 1.82) is 0 Å². The number of ether oxygens (including phenoxy) is 1. The molecule has 1 amide bonds. The van der Waals surface area contributed by atoms with Crippen LogP contribution in [0.4, 0.5) is 11.4 Å². The van der Waals surface area contributed by atoms with Gasteiger partial charge in [0.05, 0.1) is 24.4 Å². The topological polar surface area (TPSA) is 57.7 Å². The molecule has 1 aromatic heterocycles. The smallest absolute Gasteiger partial charge is 0.259 e. The van der Waals surface area contributed by atoms with Crippen LogP contribution >= 0.6 is 0 Å². The van der Waals surface area contributed by atoms with Crippen LogP contribution in [0.5, 0.6) is 5.75 Å². The Labute approximate surface area is 207 Å². The van der Waals surface area contributed by atoms with Crippen LogP contribution in [0, 0.1) is 0 Å². The van der Waals surface area contributed by atoms with Crippen LogP contribution in [0.25, 0.3) is 0 Å². The third-order valence-corrected chi connectivity index (χ3v) is 7.33. The number of aromatic nitrogens is 1. The van der Waals surface area contributed by atoms with Crippen molar-refractivity contribution in [3.63, 3.8) is 0 Å². The molecule has 0 bridgehead atoms. The fraction of sp³-hybridized carbons (Fsp3) is 0.379. The second-order valence-electron chi connectivity index (χ2n) is 9.43. The van der Waals surface area contributed by atoms with Crippen LogP contribution in [0.3, 0.4) is 0 Å². The van der Waals surface area contributed by atoms with Crippen molar-refractivity contribution in [2.24, 2.45) is 0 Å². The summed E-state index contributed by atoms with van der Waals surface area (Å²) in [6.45, 7) is 3.19. The average molecular weight is 471 g/mol. The lowest BCUT2D eigenvalue weighted by molar-refractivity contribution is 0.0773. The highest BCUT2D eigenvalue weighted by Gasteiger charge is 2.32. The SMILES string of the molecule is COc1ccccc1C(=O)Nc1cccc(N2CCC(N3CCCCC3c3ccccn3)CC2)c1. The molecule has 6 heteroatoms. The van der Waals surface area contributed by atoms with Crippen LogP contribution < -0.4 is 15.0 Å². The highest BCUT2D eigenvalue weighted by Crippen LogP contribution is 2.35. The maximum atomic E-state index is 12.8. The molecular formula is C29H34N4O2. The van der Waals surface area contributed by atoms with Gasteiger partial charge in [-0.05, 0) is 74.7 Å². The molecule has 2 aliphatic heterocycles. The summed E-state index contributed by atoms with van der Waals surface area (Å²) in [5, 5.41) is 3.04. The van der Waals surface area contributed by atoms with Gasteiger partial charge >= 0.3 is 0 Å². The van der Waals surface area contributed by atoms with Crippen LogP contribution in [0.15, 0.2) is 72.9 Å². The molecule has 0 saturated carbocycles. The molecule has 0 spiro atoms. The van der Waals surface area contributed by atoms with Gasteiger partial charge in [-0.1, -0.05) is 30.7 Å². The van der Waals surface area contributed by atoms with Gasteiger partial charge in [0, 0.05) is 36.7 Å². The van der Waals surface area contributed by atoms with E-state index in [0.717, 1.165) is 43.9 Å². The molecule has 35 heavy (non-hydrogen) atoms. The normalized spacial score (nSPS) is 19.3. The second-order valence-corrected chi connectivity index (χ2v) is 9.43. The highest BCUT2D eigenvalue weighted by atomic mass is 16.5. The molecule has 0 radical (unpaired) electrons. The van der Waals surface area contributed by atoms with E-state index in [-0.39, 0.29) is 5.91 Å². The largest absolute Gasteiger partial charge is 0.496 e. The number of carbonyl (C=O) groups is 1. The molecule has 0 aliphatic carbocycles. The molecule has 2 aromatic carbocycles. The summed E-state index contributed by atoms with van der Waals surface area (Å²) in [7, 11) is 1.58. The minimum atomic E-state index is -0.163. The number of rotatable bonds is 6. The quantitative estimate of drug-likeness (QED) is 0.513. The van der Waals surface area contributed by atoms with Crippen molar-refractivity contribution in [1.82, 2.24) is 9.88 Å². The number of anilines is 2. The lowest BCUT2D eigenvalue weighted by Crippen LogP contribution is -2.48. The number of para-hydroxylation sites is 1. The first-order chi connectivity index (χ1) is 17.2. The van der Waals surface area contributed by atoms with Crippen molar-refractivity contribution >= 4 is 17.3 Å². The molecule has 3 aromatic rings. The van der Waals surface area contributed by atoms with E-state index < -0.39 is 0 Å². The molecule has 1 atom stereocenters. The van der Waals surface area contributed by atoms with Crippen molar-refractivity contribution in [3.05, 3.63) is 84.2 Å². The van der Waals surface area contributed by atoms with Crippen molar-refractivity contribution in [2.45, 2.75) is 44.2 Å². The molecule has 2 aliphatic rings. The number of hydrogen-bond acceptors (Lipinski definition) is 5. The second kappa shape index (κ2) is 10.9. The summed E-state index contributed by atoms with van der Waals surface area (Å²) >= 11 is 0. The zero-order chi connectivity index (χ0) is 24.0. The minimum Gasteiger partial charge on any atom is -0.496 e. The summed E-state index contributed by atoms with van der Waals surface area (Å²) < 4.78 is 5.34. The van der Waals surface area contributed by atoms with Gasteiger partial charge in [-0.2, -0.15) is 0 Å². The first-order valence-corrected chi connectivity index (χ1v) is 12.7. The summed E-state index contributed by atoms with van der Waals surface area (Å²) in [4.78, 5) is 22.7. The number of nitrogens with zero attached hydrogens (tertiary/aromatic N) is 3. The third-order valence-electron chi connectivity index (χ3n) is 7.33. The lowest BCUT2D eigenvalue weighted by atomic mass is 9.93. The van der Waals surface area contributed by atoms with E-state index in [0.29, 0.717) is 23.4 Å². The Hall–Kier alpha value is -3.38. The maximum absolute atomic E-state index is 12.8. The van der Waals surface area contributed by atoms with Gasteiger partial charge < -0.3 is 15.0 Å². The van der Waals surface area contributed by atoms with E-state index in [1.165, 1.54) is 25.0 Å². The van der Waals surface area contributed by atoms with E-state index in [1.807, 2.05) is 36.5 Å². The Morgan fingerprint density at radius 1 is 0.943 bits per heavy atom. The molecule has 1 unspecified atom stereocenters. The van der Waals surface area contributed by atoms with Crippen molar-refractivity contribution in [2.75, 3.05) is 37.0 Å². The van der Waals surface area contributed by atoms with Gasteiger partial charge in [-0.15, -0.1) is 0 Å². The Bertz CT molecular complexity index is 1130. The van der Waals surface area contributed by atoms with E-state index >= 15 is 0 Å². The van der Waals surface area contributed by atoms with E-state index in [1.54, 1.807) is 19.2 Å². The van der Waals surface area contributed by atoms with Gasteiger partial charge in [0.15, 0.2) is 0 Å². The van der Waals surface area contributed by atoms with E-state index in [9.17, 15) is 4.79 Å². The molecule has 6 nitrogen and oxygen atoms in total. The van der Waals surface area contributed by atoms with Crippen molar-refractivity contribution in [3.8, 4) is 5.75 Å². The van der Waals surface area contributed by atoms with Crippen LogP contribution in [0.2, 0.25) is 0 Å². The highest BCUT2D eigenvalue weighted by molar-refractivity contribution is 6.06. The predicted molar refractivity (Wildman–Crippen MR) is 140 cm³/mol. The number of nitrogens with one attached hydrogen (secondary N) is 1. The van der Waals surface area contributed by atoms with Gasteiger partial charge in [-0.3, -0.25) is 14.7 Å². The third kappa shape index (κ3) is 5.33.